The first-order valence-electron chi connectivity index (χ1n) is 9.15. The highest BCUT2D eigenvalue weighted by molar-refractivity contribution is 7.99. The second-order valence-corrected chi connectivity index (χ2v) is 7.84. The maximum absolute atomic E-state index is 12.6. The lowest BCUT2D eigenvalue weighted by Crippen LogP contribution is -2.31. The summed E-state index contributed by atoms with van der Waals surface area (Å²) in [6, 6.07) is 18.5. The molecule has 1 amide bonds. The topological polar surface area (TPSA) is 59.8 Å². The molecule has 1 atom stereocenters. The summed E-state index contributed by atoms with van der Waals surface area (Å²) in [5, 5.41) is 12.1. The Labute approximate surface area is 163 Å². The molecule has 0 saturated heterocycles. The van der Waals surface area contributed by atoms with E-state index in [1.165, 1.54) is 35.7 Å². The van der Waals surface area contributed by atoms with Crippen LogP contribution in [0.25, 0.3) is 5.69 Å². The second-order valence-electron chi connectivity index (χ2n) is 6.90. The number of carbonyl (C=O) groups excluding carboxylic acids is 1. The minimum Gasteiger partial charge on any atom is -0.348 e. The van der Waals surface area contributed by atoms with Gasteiger partial charge in [0, 0.05) is 5.69 Å². The SMILES string of the molecule is Cc1ccc([C@@H](NC(=O)CSc2nncn2-c2ccccc2)C2CC2)cc1. The molecule has 138 valence electrons. The van der Waals surface area contributed by atoms with Crippen LogP contribution in [0.4, 0.5) is 0 Å². The summed E-state index contributed by atoms with van der Waals surface area (Å²) < 4.78 is 1.90. The smallest absolute Gasteiger partial charge is 0.230 e. The lowest BCUT2D eigenvalue weighted by molar-refractivity contribution is -0.119. The summed E-state index contributed by atoms with van der Waals surface area (Å²) >= 11 is 1.41. The van der Waals surface area contributed by atoms with E-state index in [0.717, 1.165) is 10.8 Å². The lowest BCUT2D eigenvalue weighted by Gasteiger charge is -2.19. The van der Waals surface area contributed by atoms with Crippen LogP contribution in [0.5, 0.6) is 0 Å². The van der Waals surface area contributed by atoms with E-state index in [9.17, 15) is 4.79 Å². The molecule has 4 rings (SSSR count). The van der Waals surface area contributed by atoms with Crippen molar-refractivity contribution in [2.45, 2.75) is 31.0 Å². The summed E-state index contributed by atoms with van der Waals surface area (Å²) in [6.07, 6.45) is 4.03. The van der Waals surface area contributed by atoms with Crippen LogP contribution in [0, 0.1) is 12.8 Å². The van der Waals surface area contributed by atoms with Crippen LogP contribution in [-0.4, -0.2) is 26.4 Å². The number of nitrogens with one attached hydrogen (secondary N) is 1. The van der Waals surface area contributed by atoms with Crippen LogP contribution < -0.4 is 5.32 Å². The Hall–Kier alpha value is -2.60. The zero-order valence-corrected chi connectivity index (χ0v) is 16.0. The molecule has 0 unspecified atom stereocenters. The molecule has 27 heavy (non-hydrogen) atoms. The quantitative estimate of drug-likeness (QED) is 0.633. The molecule has 3 aromatic rings. The minimum absolute atomic E-state index is 0.0279. The van der Waals surface area contributed by atoms with Gasteiger partial charge in [0.05, 0.1) is 11.8 Å². The van der Waals surface area contributed by atoms with Gasteiger partial charge in [0.25, 0.3) is 0 Å². The maximum Gasteiger partial charge on any atom is 0.230 e. The first-order valence-corrected chi connectivity index (χ1v) is 10.1. The average molecular weight is 379 g/mol. The van der Waals surface area contributed by atoms with E-state index in [0.29, 0.717) is 11.7 Å². The molecule has 1 aliphatic rings. The van der Waals surface area contributed by atoms with Gasteiger partial charge in [-0.3, -0.25) is 9.36 Å². The lowest BCUT2D eigenvalue weighted by atomic mass is 10.0. The Morgan fingerprint density at radius 2 is 1.93 bits per heavy atom. The monoisotopic (exact) mass is 378 g/mol. The molecule has 1 aromatic heterocycles. The third kappa shape index (κ3) is 4.39. The predicted octanol–water partition coefficient (Wildman–Crippen LogP) is 3.94. The molecule has 1 fully saturated rings. The van der Waals surface area contributed by atoms with Crippen molar-refractivity contribution in [1.29, 1.82) is 0 Å². The van der Waals surface area contributed by atoms with Crippen molar-refractivity contribution in [3.05, 3.63) is 72.1 Å². The molecule has 5 nitrogen and oxygen atoms in total. The largest absolute Gasteiger partial charge is 0.348 e. The number of para-hydroxylation sites is 1. The number of rotatable bonds is 7. The van der Waals surface area contributed by atoms with Crippen molar-refractivity contribution >= 4 is 17.7 Å². The van der Waals surface area contributed by atoms with E-state index in [2.05, 4.69) is 46.7 Å². The van der Waals surface area contributed by atoms with Gasteiger partial charge in [0.2, 0.25) is 5.91 Å². The van der Waals surface area contributed by atoms with E-state index < -0.39 is 0 Å². The molecule has 6 heteroatoms. The molecule has 1 heterocycles. The fraction of sp³-hybridized carbons (Fsp3) is 0.286. The van der Waals surface area contributed by atoms with Gasteiger partial charge in [0.1, 0.15) is 6.33 Å². The summed E-state index contributed by atoms with van der Waals surface area (Å²) in [5.41, 5.74) is 3.41. The van der Waals surface area contributed by atoms with Crippen LogP contribution in [-0.2, 0) is 4.79 Å². The Morgan fingerprint density at radius 3 is 2.63 bits per heavy atom. The summed E-state index contributed by atoms with van der Waals surface area (Å²) in [7, 11) is 0. The minimum atomic E-state index is 0.0279. The molecule has 0 aliphatic heterocycles. The van der Waals surface area contributed by atoms with Gasteiger partial charge in [-0.2, -0.15) is 0 Å². The van der Waals surface area contributed by atoms with Gasteiger partial charge in [-0.1, -0.05) is 59.8 Å². The number of thioether (sulfide) groups is 1. The molecule has 1 saturated carbocycles. The van der Waals surface area contributed by atoms with Gasteiger partial charge in [0.15, 0.2) is 5.16 Å². The van der Waals surface area contributed by atoms with Crippen LogP contribution in [0.2, 0.25) is 0 Å². The van der Waals surface area contributed by atoms with Gasteiger partial charge in [-0.25, -0.2) is 0 Å². The zero-order chi connectivity index (χ0) is 18.6. The molecule has 1 aliphatic carbocycles. The van der Waals surface area contributed by atoms with Gasteiger partial charge >= 0.3 is 0 Å². The van der Waals surface area contributed by atoms with Crippen molar-refractivity contribution in [2.75, 3.05) is 5.75 Å². The molecular formula is C21H22N4OS. The molecule has 0 bridgehead atoms. The van der Waals surface area contributed by atoms with Crippen molar-refractivity contribution in [3.8, 4) is 5.69 Å². The Balaban J connectivity index is 1.40. The summed E-state index contributed by atoms with van der Waals surface area (Å²) in [5.74, 6) is 0.898. The van der Waals surface area contributed by atoms with Gasteiger partial charge in [-0.05, 0) is 43.4 Å². The van der Waals surface area contributed by atoms with Crippen LogP contribution in [0.1, 0.15) is 30.0 Å². The number of hydrogen-bond donors (Lipinski definition) is 1. The Morgan fingerprint density at radius 1 is 1.19 bits per heavy atom. The van der Waals surface area contributed by atoms with Gasteiger partial charge in [-0.15, -0.1) is 10.2 Å². The average Bonchev–Trinajstić information content (AvgIpc) is 3.43. The first kappa shape index (κ1) is 17.8. The predicted molar refractivity (Wildman–Crippen MR) is 107 cm³/mol. The first-order chi connectivity index (χ1) is 13.2. The molecule has 2 aromatic carbocycles. The highest BCUT2D eigenvalue weighted by Gasteiger charge is 2.33. The van der Waals surface area contributed by atoms with Gasteiger partial charge < -0.3 is 5.32 Å². The van der Waals surface area contributed by atoms with E-state index in [-0.39, 0.29) is 11.9 Å². The number of aromatic nitrogens is 3. The van der Waals surface area contributed by atoms with E-state index >= 15 is 0 Å². The Bertz CT molecular complexity index is 903. The zero-order valence-electron chi connectivity index (χ0n) is 15.2. The van der Waals surface area contributed by atoms with E-state index in [4.69, 9.17) is 0 Å². The van der Waals surface area contributed by atoms with Crippen molar-refractivity contribution < 1.29 is 4.79 Å². The van der Waals surface area contributed by atoms with Crippen molar-refractivity contribution in [2.24, 2.45) is 5.92 Å². The Kier molecular flexibility index (Phi) is 5.25. The maximum atomic E-state index is 12.6. The summed E-state index contributed by atoms with van der Waals surface area (Å²) in [6.45, 7) is 2.08. The fourth-order valence-electron chi connectivity index (χ4n) is 3.11. The number of nitrogens with zero attached hydrogens (tertiary/aromatic N) is 3. The number of amides is 1. The number of benzene rings is 2. The standard InChI is InChI=1S/C21H22N4OS/c1-15-7-9-16(10-8-15)20(17-11-12-17)23-19(26)13-27-21-24-22-14-25(21)18-5-3-2-4-6-18/h2-10,14,17,20H,11-13H2,1H3,(H,23,26)/t20-/m1/s1. The van der Waals surface area contributed by atoms with Crippen molar-refractivity contribution in [3.63, 3.8) is 0 Å². The molecule has 1 N–H and O–H groups in total. The fourth-order valence-corrected chi connectivity index (χ4v) is 3.85. The molecular weight excluding hydrogens is 356 g/mol. The van der Waals surface area contributed by atoms with E-state index in [1.54, 1.807) is 6.33 Å². The summed E-state index contributed by atoms with van der Waals surface area (Å²) in [4.78, 5) is 12.6. The van der Waals surface area contributed by atoms with Crippen LogP contribution in [0.15, 0.2) is 66.1 Å². The van der Waals surface area contributed by atoms with E-state index in [1.807, 2.05) is 34.9 Å². The number of carbonyl (C=O) groups is 1. The third-order valence-corrected chi connectivity index (χ3v) is 5.67. The highest BCUT2D eigenvalue weighted by atomic mass is 32.2. The number of aryl methyl sites for hydroxylation is 1. The van der Waals surface area contributed by atoms with Crippen LogP contribution >= 0.6 is 11.8 Å². The molecule has 0 radical (unpaired) electrons. The second kappa shape index (κ2) is 7.96. The highest BCUT2D eigenvalue weighted by Crippen LogP contribution is 2.41. The normalized spacial score (nSPS) is 14.7. The molecule has 0 spiro atoms. The van der Waals surface area contributed by atoms with Crippen LogP contribution in [0.3, 0.4) is 0 Å². The third-order valence-electron chi connectivity index (χ3n) is 4.73. The number of hydrogen-bond acceptors (Lipinski definition) is 4. The van der Waals surface area contributed by atoms with Crippen molar-refractivity contribution in [1.82, 2.24) is 20.1 Å².